The molecule has 1 aliphatic heterocycles. The van der Waals surface area contributed by atoms with E-state index in [0.717, 1.165) is 25.9 Å². The van der Waals surface area contributed by atoms with Gasteiger partial charge in [0, 0.05) is 13.7 Å². The van der Waals surface area contributed by atoms with Crippen LogP contribution in [0.25, 0.3) is 0 Å². The minimum atomic E-state index is 0.000801. The molecular formula is C11H20O3. The van der Waals surface area contributed by atoms with Crippen molar-refractivity contribution < 1.29 is 14.2 Å². The van der Waals surface area contributed by atoms with Gasteiger partial charge in [0.15, 0.2) is 6.29 Å². The van der Waals surface area contributed by atoms with Gasteiger partial charge in [-0.1, -0.05) is 0 Å². The van der Waals surface area contributed by atoms with Crippen LogP contribution < -0.4 is 0 Å². The highest BCUT2D eigenvalue weighted by molar-refractivity contribution is 5.00. The van der Waals surface area contributed by atoms with E-state index in [9.17, 15) is 0 Å². The van der Waals surface area contributed by atoms with E-state index in [4.69, 9.17) is 14.2 Å². The topological polar surface area (TPSA) is 27.7 Å². The summed E-state index contributed by atoms with van der Waals surface area (Å²) in [7, 11) is 1.77. The normalized spacial score (nSPS) is 32.6. The fourth-order valence-electron chi connectivity index (χ4n) is 2.07. The average molecular weight is 200 g/mol. The first-order chi connectivity index (χ1) is 6.77. The first-order valence-corrected chi connectivity index (χ1v) is 5.59. The fraction of sp³-hybridized carbons (Fsp3) is 1.00. The number of rotatable bonds is 4. The number of hydrogen-bond acceptors (Lipinski definition) is 3. The third-order valence-electron chi connectivity index (χ3n) is 3.38. The van der Waals surface area contributed by atoms with E-state index in [1.165, 1.54) is 12.8 Å². The second-order valence-corrected chi connectivity index (χ2v) is 4.34. The maximum absolute atomic E-state index is 5.86. The summed E-state index contributed by atoms with van der Waals surface area (Å²) in [6, 6.07) is 0. The van der Waals surface area contributed by atoms with Gasteiger partial charge in [-0.05, 0) is 39.0 Å². The largest absolute Gasteiger partial charge is 0.376 e. The monoisotopic (exact) mass is 200 g/mol. The molecule has 1 heterocycles. The molecule has 1 saturated heterocycles. The Labute approximate surface area is 85.7 Å². The molecule has 0 aromatic carbocycles. The summed E-state index contributed by atoms with van der Waals surface area (Å²) in [5, 5.41) is 0. The molecular weight excluding hydrogens is 180 g/mol. The van der Waals surface area contributed by atoms with Crippen molar-refractivity contribution in [2.24, 2.45) is 0 Å². The van der Waals surface area contributed by atoms with Gasteiger partial charge in [0.2, 0.25) is 0 Å². The van der Waals surface area contributed by atoms with Crippen LogP contribution in [0.15, 0.2) is 0 Å². The van der Waals surface area contributed by atoms with Crippen molar-refractivity contribution in [3.05, 3.63) is 0 Å². The van der Waals surface area contributed by atoms with E-state index in [2.05, 4.69) is 6.92 Å². The molecule has 0 aromatic heterocycles. The predicted octanol–water partition coefficient (Wildman–Crippen LogP) is 2.10. The van der Waals surface area contributed by atoms with Crippen LogP contribution >= 0.6 is 0 Å². The molecule has 1 aliphatic carbocycles. The van der Waals surface area contributed by atoms with Crippen LogP contribution in [0.5, 0.6) is 0 Å². The molecule has 3 nitrogen and oxygen atoms in total. The van der Waals surface area contributed by atoms with Crippen molar-refractivity contribution in [3.8, 4) is 0 Å². The van der Waals surface area contributed by atoms with E-state index in [1.807, 2.05) is 0 Å². The highest BCUT2D eigenvalue weighted by atomic mass is 16.7. The number of hydrogen-bond donors (Lipinski definition) is 0. The van der Waals surface area contributed by atoms with Crippen LogP contribution in [0, 0.1) is 0 Å². The SMILES string of the molecule is COC1([C@H](C)OC2CCCCO2)CC1. The first-order valence-electron chi connectivity index (χ1n) is 5.59. The van der Waals surface area contributed by atoms with E-state index in [1.54, 1.807) is 7.11 Å². The smallest absolute Gasteiger partial charge is 0.158 e. The standard InChI is InChI=1S/C11H20O3/c1-9(11(12-2)6-7-11)14-10-5-3-4-8-13-10/h9-10H,3-8H2,1-2H3/t9-,10?/m0/s1. The molecule has 2 aliphatic rings. The molecule has 0 amide bonds. The Bertz CT molecular complexity index is 183. The second kappa shape index (κ2) is 4.17. The van der Waals surface area contributed by atoms with Crippen LogP contribution in [0.3, 0.4) is 0 Å². The van der Waals surface area contributed by atoms with Gasteiger partial charge in [-0.25, -0.2) is 0 Å². The maximum Gasteiger partial charge on any atom is 0.158 e. The average Bonchev–Trinajstić information content (AvgIpc) is 3.00. The lowest BCUT2D eigenvalue weighted by atomic mass is 10.2. The van der Waals surface area contributed by atoms with Gasteiger partial charge >= 0.3 is 0 Å². The van der Waals surface area contributed by atoms with Crippen LogP contribution in [-0.2, 0) is 14.2 Å². The first kappa shape index (κ1) is 10.4. The van der Waals surface area contributed by atoms with Gasteiger partial charge in [-0.3, -0.25) is 0 Å². The highest BCUT2D eigenvalue weighted by Crippen LogP contribution is 2.43. The summed E-state index contributed by atoms with van der Waals surface area (Å²) in [6.07, 6.45) is 5.84. The van der Waals surface area contributed by atoms with Gasteiger partial charge < -0.3 is 14.2 Å². The van der Waals surface area contributed by atoms with E-state index in [-0.39, 0.29) is 18.0 Å². The maximum atomic E-state index is 5.86. The number of ether oxygens (including phenoxy) is 3. The minimum Gasteiger partial charge on any atom is -0.376 e. The van der Waals surface area contributed by atoms with Crippen LogP contribution in [0.2, 0.25) is 0 Å². The van der Waals surface area contributed by atoms with Gasteiger partial charge in [0.05, 0.1) is 11.7 Å². The summed E-state index contributed by atoms with van der Waals surface area (Å²) in [5.41, 5.74) is 0.000801. The molecule has 2 atom stereocenters. The molecule has 0 N–H and O–H groups in total. The molecule has 3 heteroatoms. The van der Waals surface area contributed by atoms with Crippen molar-refractivity contribution in [2.45, 2.75) is 57.0 Å². The zero-order chi connectivity index (χ0) is 10.0. The van der Waals surface area contributed by atoms with Gasteiger partial charge in [-0.2, -0.15) is 0 Å². The molecule has 82 valence electrons. The van der Waals surface area contributed by atoms with Gasteiger partial charge in [0.25, 0.3) is 0 Å². The second-order valence-electron chi connectivity index (χ2n) is 4.34. The molecule has 2 rings (SSSR count). The van der Waals surface area contributed by atoms with Gasteiger partial charge in [-0.15, -0.1) is 0 Å². The van der Waals surface area contributed by atoms with Crippen molar-refractivity contribution in [2.75, 3.05) is 13.7 Å². The third kappa shape index (κ3) is 2.10. The Balaban J connectivity index is 1.78. The Morgan fingerprint density at radius 3 is 2.64 bits per heavy atom. The molecule has 0 bridgehead atoms. The van der Waals surface area contributed by atoms with Crippen LogP contribution in [0.1, 0.15) is 39.0 Å². The van der Waals surface area contributed by atoms with E-state index < -0.39 is 0 Å². The summed E-state index contributed by atoms with van der Waals surface area (Å²) in [4.78, 5) is 0. The fourth-order valence-corrected chi connectivity index (χ4v) is 2.07. The molecule has 1 saturated carbocycles. The van der Waals surface area contributed by atoms with Crippen LogP contribution in [0.4, 0.5) is 0 Å². The highest BCUT2D eigenvalue weighted by Gasteiger charge is 2.49. The molecule has 0 spiro atoms. The zero-order valence-electron chi connectivity index (χ0n) is 9.12. The molecule has 1 unspecified atom stereocenters. The molecule has 2 fully saturated rings. The third-order valence-corrected chi connectivity index (χ3v) is 3.38. The Morgan fingerprint density at radius 1 is 1.36 bits per heavy atom. The van der Waals surface area contributed by atoms with E-state index in [0.29, 0.717) is 0 Å². The Hall–Kier alpha value is -0.120. The zero-order valence-corrected chi connectivity index (χ0v) is 9.12. The Kier molecular flexibility index (Phi) is 3.10. The molecule has 0 radical (unpaired) electrons. The molecule has 0 aromatic rings. The lowest BCUT2D eigenvalue weighted by molar-refractivity contribution is -0.210. The van der Waals surface area contributed by atoms with Crippen LogP contribution in [-0.4, -0.2) is 31.7 Å². The van der Waals surface area contributed by atoms with E-state index >= 15 is 0 Å². The van der Waals surface area contributed by atoms with Crippen molar-refractivity contribution in [1.82, 2.24) is 0 Å². The summed E-state index contributed by atoms with van der Waals surface area (Å²) >= 11 is 0. The van der Waals surface area contributed by atoms with Crippen molar-refractivity contribution >= 4 is 0 Å². The van der Waals surface area contributed by atoms with Gasteiger partial charge in [0.1, 0.15) is 0 Å². The van der Waals surface area contributed by atoms with Crippen molar-refractivity contribution in [3.63, 3.8) is 0 Å². The summed E-state index contributed by atoms with van der Waals surface area (Å²) in [6.45, 7) is 2.94. The summed E-state index contributed by atoms with van der Waals surface area (Å²) in [5.74, 6) is 0. The lowest BCUT2D eigenvalue weighted by Crippen LogP contribution is -2.36. The van der Waals surface area contributed by atoms with Crippen molar-refractivity contribution in [1.29, 1.82) is 0 Å². The quantitative estimate of drug-likeness (QED) is 0.695. The Morgan fingerprint density at radius 2 is 2.14 bits per heavy atom. The lowest BCUT2D eigenvalue weighted by Gasteiger charge is -2.29. The summed E-state index contributed by atoms with van der Waals surface area (Å²) < 4.78 is 16.9. The molecule has 14 heavy (non-hydrogen) atoms. The number of methoxy groups -OCH3 is 1. The predicted molar refractivity (Wildman–Crippen MR) is 53.1 cm³/mol. The minimum absolute atomic E-state index is 0.000801.